The zero-order chi connectivity index (χ0) is 20.6. The molecule has 2 heterocycles. The van der Waals surface area contributed by atoms with Crippen LogP contribution in [0.25, 0.3) is 0 Å². The topological polar surface area (TPSA) is 66.9 Å². The first-order chi connectivity index (χ1) is 14.0. The van der Waals surface area contributed by atoms with Crippen molar-refractivity contribution in [1.82, 2.24) is 9.80 Å². The molecule has 1 aliphatic carbocycles. The van der Waals surface area contributed by atoms with Gasteiger partial charge in [0, 0.05) is 19.5 Å². The van der Waals surface area contributed by atoms with Crippen molar-refractivity contribution in [2.45, 2.75) is 57.0 Å². The van der Waals surface area contributed by atoms with E-state index in [1.54, 1.807) is 11.8 Å². The fraction of sp³-hybridized carbons (Fsp3) is 0.609. The molecule has 0 unspecified atom stereocenters. The van der Waals surface area contributed by atoms with Crippen molar-refractivity contribution in [1.29, 1.82) is 0 Å². The quantitative estimate of drug-likeness (QED) is 0.732. The Kier molecular flexibility index (Phi) is 5.36. The summed E-state index contributed by atoms with van der Waals surface area (Å²) in [6.45, 7) is 2.76. The van der Waals surface area contributed by atoms with Gasteiger partial charge in [-0.1, -0.05) is 30.3 Å². The summed E-state index contributed by atoms with van der Waals surface area (Å²) < 4.78 is 5.41. The molecule has 4 rings (SSSR count). The lowest BCUT2D eigenvalue weighted by Gasteiger charge is -2.41. The molecule has 1 aromatic carbocycles. The highest BCUT2D eigenvalue weighted by Gasteiger charge is 2.62. The standard InChI is InChI=1S/C23H30N2O4/c1-3-29-21(27)18-15-23(13-7-8-14-24(2)22(23)28)25(20(26)17-11-12-17)19(18)16-9-5-4-6-10-16/h4-6,9-10,17-19H,3,7-8,11-15H2,1-2H3/t18-,19-,23-/m0/s1. The normalized spacial score (nSPS) is 29.8. The summed E-state index contributed by atoms with van der Waals surface area (Å²) in [6, 6.07) is 9.21. The van der Waals surface area contributed by atoms with Gasteiger partial charge in [-0.05, 0) is 51.0 Å². The highest BCUT2D eigenvalue weighted by Crippen LogP contribution is 2.53. The van der Waals surface area contributed by atoms with Crippen LogP contribution in [0.5, 0.6) is 0 Å². The highest BCUT2D eigenvalue weighted by molar-refractivity contribution is 5.95. The van der Waals surface area contributed by atoms with Crippen molar-refractivity contribution in [3.05, 3.63) is 35.9 Å². The number of benzene rings is 1. The third-order valence-electron chi connectivity index (χ3n) is 6.65. The minimum atomic E-state index is -0.955. The van der Waals surface area contributed by atoms with Gasteiger partial charge < -0.3 is 14.5 Å². The first-order valence-corrected chi connectivity index (χ1v) is 10.8. The molecule has 2 aliphatic heterocycles. The van der Waals surface area contributed by atoms with Gasteiger partial charge in [0.15, 0.2) is 0 Å². The lowest BCUT2D eigenvalue weighted by molar-refractivity contribution is -0.154. The number of rotatable bonds is 4. The van der Waals surface area contributed by atoms with Crippen LogP contribution in [0, 0.1) is 11.8 Å². The van der Waals surface area contributed by atoms with Crippen molar-refractivity contribution in [3.63, 3.8) is 0 Å². The maximum absolute atomic E-state index is 13.6. The summed E-state index contributed by atoms with van der Waals surface area (Å²) >= 11 is 0. The Morgan fingerprint density at radius 1 is 1.17 bits per heavy atom. The Morgan fingerprint density at radius 3 is 2.55 bits per heavy atom. The van der Waals surface area contributed by atoms with Gasteiger partial charge in [0.1, 0.15) is 5.54 Å². The number of hydrogen-bond acceptors (Lipinski definition) is 4. The molecule has 0 N–H and O–H groups in total. The number of esters is 1. The van der Waals surface area contributed by atoms with E-state index in [4.69, 9.17) is 4.74 Å². The first-order valence-electron chi connectivity index (χ1n) is 10.8. The molecule has 0 aromatic heterocycles. The van der Waals surface area contributed by atoms with Crippen LogP contribution in [0.2, 0.25) is 0 Å². The van der Waals surface area contributed by atoms with Gasteiger partial charge in [-0.2, -0.15) is 0 Å². The summed E-state index contributed by atoms with van der Waals surface area (Å²) in [7, 11) is 1.81. The largest absolute Gasteiger partial charge is 0.466 e. The maximum Gasteiger partial charge on any atom is 0.311 e. The van der Waals surface area contributed by atoms with Gasteiger partial charge in [-0.3, -0.25) is 14.4 Å². The van der Waals surface area contributed by atoms with Crippen LogP contribution >= 0.6 is 0 Å². The second-order valence-electron chi connectivity index (χ2n) is 8.62. The number of ether oxygens (including phenoxy) is 1. The summed E-state index contributed by atoms with van der Waals surface area (Å²) in [6.07, 6.45) is 4.44. The Hall–Kier alpha value is -2.37. The molecule has 1 aromatic rings. The van der Waals surface area contributed by atoms with Gasteiger partial charge in [0.2, 0.25) is 11.8 Å². The van der Waals surface area contributed by atoms with E-state index in [0.717, 1.165) is 31.2 Å². The van der Waals surface area contributed by atoms with Crippen LogP contribution in [0.15, 0.2) is 30.3 Å². The summed E-state index contributed by atoms with van der Waals surface area (Å²) in [5.41, 5.74) is -0.0563. The Morgan fingerprint density at radius 2 is 1.90 bits per heavy atom. The van der Waals surface area contributed by atoms with Crippen LogP contribution in [0.1, 0.15) is 57.1 Å². The average molecular weight is 399 g/mol. The van der Waals surface area contributed by atoms with Crippen LogP contribution in [-0.4, -0.2) is 53.3 Å². The van der Waals surface area contributed by atoms with Crippen LogP contribution in [0.4, 0.5) is 0 Å². The molecule has 2 amide bonds. The third kappa shape index (κ3) is 3.43. The van der Waals surface area contributed by atoms with E-state index < -0.39 is 17.5 Å². The number of nitrogens with zero attached hydrogens (tertiary/aromatic N) is 2. The Balaban J connectivity index is 1.85. The number of likely N-dealkylation sites (tertiary alicyclic amines) is 2. The van der Waals surface area contributed by atoms with Gasteiger partial charge in [-0.15, -0.1) is 0 Å². The predicted octanol–water partition coefficient (Wildman–Crippen LogP) is 2.93. The van der Waals surface area contributed by atoms with Crippen molar-refractivity contribution < 1.29 is 19.1 Å². The number of carbonyl (C=O) groups excluding carboxylic acids is 3. The first kappa shape index (κ1) is 19.9. The highest BCUT2D eigenvalue weighted by atomic mass is 16.5. The molecular weight excluding hydrogens is 368 g/mol. The lowest BCUT2D eigenvalue weighted by atomic mass is 9.85. The molecular formula is C23H30N2O4. The molecule has 0 bridgehead atoms. The second kappa shape index (κ2) is 7.81. The van der Waals surface area contributed by atoms with Crippen molar-refractivity contribution in [3.8, 4) is 0 Å². The van der Waals surface area contributed by atoms with E-state index in [1.807, 2.05) is 42.3 Å². The van der Waals surface area contributed by atoms with Crippen LogP contribution in [0.3, 0.4) is 0 Å². The fourth-order valence-electron chi connectivity index (χ4n) is 5.13. The summed E-state index contributed by atoms with van der Waals surface area (Å²) in [5, 5.41) is 0. The molecule has 1 saturated carbocycles. The SMILES string of the molecule is CCOC(=O)[C@H]1C[C@]2(CCCCN(C)C2=O)N(C(=O)C2CC2)[C@H]1c1ccccc1. The molecule has 3 atom stereocenters. The average Bonchev–Trinajstić information content (AvgIpc) is 3.53. The van der Waals surface area contributed by atoms with Crippen molar-refractivity contribution in [2.24, 2.45) is 11.8 Å². The molecule has 6 nitrogen and oxygen atoms in total. The Bertz CT molecular complexity index is 791. The molecule has 29 heavy (non-hydrogen) atoms. The molecule has 2 saturated heterocycles. The minimum absolute atomic E-state index is 0.0225. The minimum Gasteiger partial charge on any atom is -0.466 e. The Labute approximate surface area is 172 Å². The van der Waals surface area contributed by atoms with Crippen molar-refractivity contribution in [2.75, 3.05) is 20.2 Å². The van der Waals surface area contributed by atoms with E-state index in [1.165, 1.54) is 0 Å². The zero-order valence-corrected chi connectivity index (χ0v) is 17.3. The van der Waals surface area contributed by atoms with Crippen LogP contribution < -0.4 is 0 Å². The van der Waals surface area contributed by atoms with Crippen LogP contribution in [-0.2, 0) is 19.1 Å². The summed E-state index contributed by atoms with van der Waals surface area (Å²) in [4.78, 5) is 43.7. The number of amides is 2. The lowest BCUT2D eigenvalue weighted by Crippen LogP contribution is -2.57. The van der Waals surface area contributed by atoms with E-state index in [-0.39, 0.29) is 30.3 Å². The number of hydrogen-bond donors (Lipinski definition) is 0. The molecule has 156 valence electrons. The van der Waals surface area contributed by atoms with Gasteiger partial charge in [-0.25, -0.2) is 0 Å². The van der Waals surface area contributed by atoms with E-state index >= 15 is 0 Å². The smallest absolute Gasteiger partial charge is 0.311 e. The summed E-state index contributed by atoms with van der Waals surface area (Å²) in [5.74, 6) is -0.881. The molecule has 6 heteroatoms. The molecule has 3 aliphatic rings. The fourth-order valence-corrected chi connectivity index (χ4v) is 5.13. The van der Waals surface area contributed by atoms with Gasteiger partial charge >= 0.3 is 5.97 Å². The molecule has 3 fully saturated rings. The van der Waals surface area contributed by atoms with Crippen molar-refractivity contribution >= 4 is 17.8 Å². The van der Waals surface area contributed by atoms with E-state index in [2.05, 4.69) is 0 Å². The number of carbonyl (C=O) groups is 3. The third-order valence-corrected chi connectivity index (χ3v) is 6.65. The number of likely N-dealkylation sites (N-methyl/N-ethyl adjacent to an activating group) is 1. The van der Waals surface area contributed by atoms with Gasteiger partial charge in [0.25, 0.3) is 0 Å². The second-order valence-corrected chi connectivity index (χ2v) is 8.62. The van der Waals surface area contributed by atoms with E-state index in [9.17, 15) is 14.4 Å². The maximum atomic E-state index is 13.6. The van der Waals surface area contributed by atoms with Gasteiger partial charge in [0.05, 0.1) is 18.6 Å². The molecule has 1 spiro atoms. The zero-order valence-electron chi connectivity index (χ0n) is 17.3. The monoisotopic (exact) mass is 398 g/mol. The molecule has 0 radical (unpaired) electrons. The predicted molar refractivity (Wildman–Crippen MR) is 108 cm³/mol. The van der Waals surface area contributed by atoms with E-state index in [0.29, 0.717) is 19.4 Å².